The highest BCUT2D eigenvalue weighted by atomic mass is 35.5. The molecule has 0 aliphatic heterocycles. The molecule has 1 amide bonds. The van der Waals surface area contributed by atoms with Crippen molar-refractivity contribution < 1.29 is 9.18 Å². The molecule has 0 aliphatic rings. The molecule has 118 valence electrons. The molecule has 23 heavy (non-hydrogen) atoms. The van der Waals surface area contributed by atoms with Crippen LogP contribution in [0.4, 0.5) is 10.1 Å². The highest BCUT2D eigenvalue weighted by Crippen LogP contribution is 2.27. The number of hydrogen-bond acceptors (Lipinski definition) is 2. The van der Waals surface area contributed by atoms with E-state index in [1.54, 1.807) is 11.3 Å². The fraction of sp³-hybridized carbons (Fsp3) is 0.118. The molecule has 1 N–H and O–H groups in total. The summed E-state index contributed by atoms with van der Waals surface area (Å²) >= 11 is 7.35. The summed E-state index contributed by atoms with van der Waals surface area (Å²) < 4.78 is 15.2. The quantitative estimate of drug-likeness (QED) is 0.694. The number of aromatic nitrogens is 1. The van der Waals surface area contributed by atoms with E-state index in [2.05, 4.69) is 5.32 Å². The zero-order valence-electron chi connectivity index (χ0n) is 12.1. The van der Waals surface area contributed by atoms with Crippen molar-refractivity contribution in [2.45, 2.75) is 12.5 Å². The third-order valence-corrected chi connectivity index (χ3v) is 4.70. The van der Waals surface area contributed by atoms with Crippen LogP contribution in [0, 0.1) is 5.82 Å². The lowest BCUT2D eigenvalue weighted by atomic mass is 10.1. The van der Waals surface area contributed by atoms with E-state index >= 15 is 0 Å². The SMILES string of the molecule is O=C(C[C@@H](c1cccs1)n1cccc1)Nc1ccc(F)c(Cl)c1. The van der Waals surface area contributed by atoms with Gasteiger partial charge in [-0.2, -0.15) is 0 Å². The summed E-state index contributed by atoms with van der Waals surface area (Å²) in [6.07, 6.45) is 4.16. The molecule has 0 bridgehead atoms. The molecule has 1 aromatic carbocycles. The Morgan fingerprint density at radius 3 is 2.70 bits per heavy atom. The normalized spacial score (nSPS) is 12.1. The lowest BCUT2D eigenvalue weighted by Gasteiger charge is -2.17. The average Bonchev–Trinajstić information content (AvgIpc) is 3.21. The summed E-state index contributed by atoms with van der Waals surface area (Å²) in [5.74, 6) is -0.659. The van der Waals surface area contributed by atoms with Crippen LogP contribution in [0.25, 0.3) is 0 Å². The van der Waals surface area contributed by atoms with Gasteiger partial charge < -0.3 is 9.88 Å². The zero-order chi connectivity index (χ0) is 16.2. The van der Waals surface area contributed by atoms with Crippen LogP contribution in [0.1, 0.15) is 17.3 Å². The first-order valence-corrected chi connectivity index (χ1v) is 8.30. The minimum absolute atomic E-state index is 0.0111. The summed E-state index contributed by atoms with van der Waals surface area (Å²) in [5.41, 5.74) is 0.485. The van der Waals surface area contributed by atoms with Crippen LogP contribution in [0.3, 0.4) is 0 Å². The lowest BCUT2D eigenvalue weighted by molar-refractivity contribution is -0.116. The van der Waals surface area contributed by atoms with E-state index in [0.717, 1.165) is 4.88 Å². The van der Waals surface area contributed by atoms with Gasteiger partial charge in [0.1, 0.15) is 5.82 Å². The van der Waals surface area contributed by atoms with Crippen LogP contribution in [0.2, 0.25) is 5.02 Å². The van der Waals surface area contributed by atoms with Gasteiger partial charge in [-0.05, 0) is 41.8 Å². The second kappa shape index (κ2) is 6.98. The number of anilines is 1. The van der Waals surface area contributed by atoms with Crippen molar-refractivity contribution in [1.29, 1.82) is 0 Å². The molecule has 2 aromatic heterocycles. The molecular formula is C17H14ClFN2OS. The Morgan fingerprint density at radius 1 is 1.26 bits per heavy atom. The predicted molar refractivity (Wildman–Crippen MR) is 91.5 cm³/mol. The number of thiophene rings is 1. The second-order valence-electron chi connectivity index (χ2n) is 5.04. The summed E-state index contributed by atoms with van der Waals surface area (Å²) in [6.45, 7) is 0. The molecule has 0 aliphatic carbocycles. The van der Waals surface area contributed by atoms with Crippen LogP contribution in [0.5, 0.6) is 0 Å². The van der Waals surface area contributed by atoms with Crippen molar-refractivity contribution in [2.75, 3.05) is 5.32 Å². The minimum atomic E-state index is -0.506. The summed E-state index contributed by atoms with van der Waals surface area (Å²) in [5, 5.41) is 4.74. The Balaban J connectivity index is 1.75. The molecule has 0 fully saturated rings. The maximum absolute atomic E-state index is 13.2. The third-order valence-electron chi connectivity index (χ3n) is 3.44. The van der Waals surface area contributed by atoms with Crippen molar-refractivity contribution in [3.05, 3.63) is 76.0 Å². The van der Waals surface area contributed by atoms with E-state index in [4.69, 9.17) is 11.6 Å². The Kier molecular flexibility index (Phi) is 4.79. The van der Waals surface area contributed by atoms with Crippen LogP contribution in [0.15, 0.2) is 60.2 Å². The van der Waals surface area contributed by atoms with E-state index in [1.807, 2.05) is 46.6 Å². The van der Waals surface area contributed by atoms with Crippen LogP contribution in [-0.2, 0) is 4.79 Å². The maximum Gasteiger partial charge on any atom is 0.226 e. The number of halogens is 2. The van der Waals surface area contributed by atoms with Gasteiger partial charge in [-0.3, -0.25) is 4.79 Å². The third kappa shape index (κ3) is 3.81. The Bertz CT molecular complexity index is 753. The van der Waals surface area contributed by atoms with Crippen LogP contribution in [-0.4, -0.2) is 10.5 Å². The van der Waals surface area contributed by atoms with Gasteiger partial charge in [0.2, 0.25) is 5.91 Å². The molecule has 3 nitrogen and oxygen atoms in total. The van der Waals surface area contributed by atoms with Crippen molar-refractivity contribution in [3.63, 3.8) is 0 Å². The van der Waals surface area contributed by atoms with E-state index in [0.29, 0.717) is 5.69 Å². The largest absolute Gasteiger partial charge is 0.346 e. The van der Waals surface area contributed by atoms with Crippen molar-refractivity contribution in [1.82, 2.24) is 4.57 Å². The van der Waals surface area contributed by atoms with Crippen molar-refractivity contribution >= 4 is 34.5 Å². The van der Waals surface area contributed by atoms with Gasteiger partial charge in [-0.15, -0.1) is 11.3 Å². The Labute approximate surface area is 142 Å². The van der Waals surface area contributed by atoms with Gasteiger partial charge in [0, 0.05) is 23.0 Å². The lowest BCUT2D eigenvalue weighted by Crippen LogP contribution is -2.19. The highest BCUT2D eigenvalue weighted by molar-refractivity contribution is 7.10. The number of carbonyl (C=O) groups is 1. The topological polar surface area (TPSA) is 34.0 Å². The van der Waals surface area contributed by atoms with Gasteiger partial charge in [0.05, 0.1) is 17.5 Å². The molecular weight excluding hydrogens is 335 g/mol. The monoisotopic (exact) mass is 348 g/mol. The fourth-order valence-electron chi connectivity index (χ4n) is 2.35. The number of carbonyl (C=O) groups excluding carboxylic acids is 1. The van der Waals surface area contributed by atoms with Crippen molar-refractivity contribution in [3.8, 4) is 0 Å². The van der Waals surface area contributed by atoms with Crippen LogP contribution >= 0.6 is 22.9 Å². The van der Waals surface area contributed by atoms with E-state index < -0.39 is 5.82 Å². The average molecular weight is 349 g/mol. The number of benzene rings is 1. The molecule has 0 radical (unpaired) electrons. The smallest absolute Gasteiger partial charge is 0.226 e. The molecule has 3 aromatic rings. The number of nitrogens with one attached hydrogen (secondary N) is 1. The molecule has 6 heteroatoms. The molecule has 2 heterocycles. The van der Waals surface area contributed by atoms with E-state index in [1.165, 1.54) is 18.2 Å². The van der Waals surface area contributed by atoms with E-state index in [-0.39, 0.29) is 23.4 Å². The number of nitrogens with zero attached hydrogens (tertiary/aromatic N) is 1. The Hall–Kier alpha value is -2.11. The number of amides is 1. The molecule has 0 spiro atoms. The molecule has 1 atom stereocenters. The summed E-state index contributed by atoms with van der Waals surface area (Å²) in [7, 11) is 0. The van der Waals surface area contributed by atoms with Gasteiger partial charge in [0.25, 0.3) is 0 Å². The maximum atomic E-state index is 13.2. The molecule has 3 rings (SSSR count). The number of hydrogen-bond donors (Lipinski definition) is 1. The summed E-state index contributed by atoms with van der Waals surface area (Å²) in [6, 6.07) is 11.9. The molecule has 0 saturated carbocycles. The van der Waals surface area contributed by atoms with Crippen molar-refractivity contribution in [2.24, 2.45) is 0 Å². The molecule has 0 unspecified atom stereocenters. The van der Waals surface area contributed by atoms with Crippen LogP contribution < -0.4 is 5.32 Å². The van der Waals surface area contributed by atoms with E-state index in [9.17, 15) is 9.18 Å². The van der Waals surface area contributed by atoms with Gasteiger partial charge in [0.15, 0.2) is 0 Å². The number of rotatable bonds is 5. The minimum Gasteiger partial charge on any atom is -0.346 e. The van der Waals surface area contributed by atoms with Gasteiger partial charge in [-0.25, -0.2) is 4.39 Å². The van der Waals surface area contributed by atoms with Gasteiger partial charge >= 0.3 is 0 Å². The highest BCUT2D eigenvalue weighted by Gasteiger charge is 2.18. The first-order chi connectivity index (χ1) is 11.1. The fourth-order valence-corrected chi connectivity index (χ4v) is 3.37. The molecule has 0 saturated heterocycles. The first kappa shape index (κ1) is 15.8. The first-order valence-electron chi connectivity index (χ1n) is 7.04. The predicted octanol–water partition coefficient (Wildman–Crippen LogP) is 4.96. The zero-order valence-corrected chi connectivity index (χ0v) is 13.7. The Morgan fingerprint density at radius 2 is 2.04 bits per heavy atom. The standard InChI is InChI=1S/C17H14ClFN2OS/c18-13-10-12(5-6-14(13)19)20-17(22)11-15(16-4-3-9-23-16)21-7-1-2-8-21/h1-10,15H,11H2,(H,20,22)/t15-/m0/s1. The van der Waals surface area contributed by atoms with Gasteiger partial charge in [-0.1, -0.05) is 17.7 Å². The summed E-state index contributed by atoms with van der Waals surface area (Å²) in [4.78, 5) is 13.5. The second-order valence-corrected chi connectivity index (χ2v) is 6.43.